The van der Waals surface area contributed by atoms with Crippen LogP contribution in [-0.2, 0) is 23.7 Å². The minimum atomic E-state index is -1.05. The second-order valence-electron chi connectivity index (χ2n) is 8.48. The summed E-state index contributed by atoms with van der Waals surface area (Å²) in [5, 5.41) is 12.0. The zero-order valence-corrected chi connectivity index (χ0v) is 19.1. The Morgan fingerprint density at radius 1 is 1.03 bits per heavy atom. The second kappa shape index (κ2) is 12.0. The molecule has 1 fully saturated rings. The Balaban J connectivity index is 1.19. The molecule has 1 aliphatic carbocycles. The van der Waals surface area contributed by atoms with Gasteiger partial charge in [-0.3, -0.25) is 4.79 Å². The lowest BCUT2D eigenvalue weighted by atomic mass is 9.98. The highest BCUT2D eigenvalue weighted by molar-refractivity contribution is 5.79. The number of aliphatic carboxylic acids is 1. The lowest BCUT2D eigenvalue weighted by molar-refractivity contribution is -0.170. The number of hydrogen-bond acceptors (Lipinski definition) is 6. The standard InChI is InChI=1S/C26H31NO7/c28-25(29)18(16-31-13-14-33-24-11-5-6-12-32-24)15-27-26(30)34-17-23-21-9-3-1-7-19(21)20-8-2-4-10-22(20)23/h1-4,7-10,18,23-24H,5-6,11-17H2,(H,27,30)(H,28,29). The lowest BCUT2D eigenvalue weighted by Crippen LogP contribution is -2.36. The van der Waals surface area contributed by atoms with E-state index in [4.69, 9.17) is 18.9 Å². The van der Waals surface area contributed by atoms with Gasteiger partial charge in [-0.1, -0.05) is 48.5 Å². The molecule has 2 aromatic rings. The first kappa shape index (κ1) is 24.2. The summed E-state index contributed by atoms with van der Waals surface area (Å²) in [6, 6.07) is 16.2. The Labute approximate surface area is 199 Å². The van der Waals surface area contributed by atoms with Gasteiger partial charge in [0.05, 0.1) is 25.7 Å². The fourth-order valence-electron chi connectivity index (χ4n) is 4.38. The Kier molecular flexibility index (Phi) is 8.51. The normalized spacial score (nSPS) is 18.1. The van der Waals surface area contributed by atoms with Crippen molar-refractivity contribution in [2.45, 2.75) is 31.5 Å². The number of benzene rings is 2. The third-order valence-corrected chi connectivity index (χ3v) is 6.17. The third-order valence-electron chi connectivity index (χ3n) is 6.17. The molecule has 4 rings (SSSR count). The first-order valence-electron chi connectivity index (χ1n) is 11.8. The number of fused-ring (bicyclic) bond motifs is 3. The van der Waals surface area contributed by atoms with Gasteiger partial charge < -0.3 is 29.4 Å². The maximum absolute atomic E-state index is 12.3. The van der Waals surface area contributed by atoms with E-state index in [2.05, 4.69) is 17.4 Å². The highest BCUT2D eigenvalue weighted by atomic mass is 16.7. The van der Waals surface area contributed by atoms with Crippen LogP contribution < -0.4 is 5.32 Å². The average Bonchev–Trinajstić information content (AvgIpc) is 3.18. The number of carbonyl (C=O) groups excluding carboxylic acids is 1. The van der Waals surface area contributed by atoms with Crippen molar-refractivity contribution in [1.82, 2.24) is 5.32 Å². The molecule has 0 spiro atoms. The maximum atomic E-state index is 12.3. The molecule has 2 aromatic carbocycles. The minimum absolute atomic E-state index is 0.0339. The van der Waals surface area contributed by atoms with Crippen molar-refractivity contribution in [2.75, 3.05) is 39.6 Å². The summed E-state index contributed by atoms with van der Waals surface area (Å²) >= 11 is 0. The number of carboxylic acid groups (broad SMARTS) is 1. The van der Waals surface area contributed by atoms with E-state index in [1.165, 1.54) is 0 Å². The van der Waals surface area contributed by atoms with Crippen LogP contribution in [0.5, 0.6) is 0 Å². The van der Waals surface area contributed by atoms with Crippen LogP contribution >= 0.6 is 0 Å². The smallest absolute Gasteiger partial charge is 0.407 e. The van der Waals surface area contributed by atoms with E-state index in [9.17, 15) is 14.7 Å². The van der Waals surface area contributed by atoms with Gasteiger partial charge in [0.15, 0.2) is 6.29 Å². The van der Waals surface area contributed by atoms with Gasteiger partial charge in [0.2, 0.25) is 0 Å². The number of hydrogen-bond donors (Lipinski definition) is 2. The molecule has 1 aliphatic heterocycles. The summed E-state index contributed by atoms with van der Waals surface area (Å²) in [5.41, 5.74) is 4.53. The highest BCUT2D eigenvalue weighted by Gasteiger charge is 2.29. The van der Waals surface area contributed by atoms with Crippen LogP contribution in [0.2, 0.25) is 0 Å². The van der Waals surface area contributed by atoms with Crippen molar-refractivity contribution in [3.8, 4) is 11.1 Å². The Morgan fingerprint density at radius 2 is 1.74 bits per heavy atom. The van der Waals surface area contributed by atoms with Gasteiger partial charge >= 0.3 is 12.1 Å². The van der Waals surface area contributed by atoms with Crippen molar-refractivity contribution >= 4 is 12.1 Å². The number of rotatable bonds is 11. The van der Waals surface area contributed by atoms with E-state index in [0.717, 1.165) is 41.5 Å². The molecule has 1 amide bonds. The molecule has 182 valence electrons. The molecule has 8 nitrogen and oxygen atoms in total. The molecular formula is C26H31NO7. The quantitative estimate of drug-likeness (QED) is 0.483. The summed E-state index contributed by atoms with van der Waals surface area (Å²) in [5.74, 6) is -1.98. The predicted octanol–water partition coefficient (Wildman–Crippen LogP) is 3.79. The number of carbonyl (C=O) groups is 2. The summed E-state index contributed by atoms with van der Waals surface area (Å²) in [7, 11) is 0. The van der Waals surface area contributed by atoms with Crippen LogP contribution in [0.15, 0.2) is 48.5 Å². The van der Waals surface area contributed by atoms with Gasteiger partial charge in [-0.05, 0) is 41.5 Å². The zero-order valence-electron chi connectivity index (χ0n) is 19.1. The van der Waals surface area contributed by atoms with E-state index >= 15 is 0 Å². The molecule has 0 radical (unpaired) electrons. The van der Waals surface area contributed by atoms with Crippen LogP contribution in [0.1, 0.15) is 36.3 Å². The molecule has 34 heavy (non-hydrogen) atoms. The summed E-state index contributed by atoms with van der Waals surface area (Å²) in [6.07, 6.45) is 2.14. The van der Waals surface area contributed by atoms with Crippen molar-refractivity contribution in [1.29, 1.82) is 0 Å². The van der Waals surface area contributed by atoms with Crippen LogP contribution in [0.25, 0.3) is 11.1 Å². The molecule has 2 atom stereocenters. The number of alkyl carbamates (subject to hydrolysis) is 1. The summed E-state index contributed by atoms with van der Waals surface area (Å²) < 4.78 is 22.0. The van der Waals surface area contributed by atoms with Crippen LogP contribution in [0, 0.1) is 5.92 Å². The van der Waals surface area contributed by atoms with E-state index in [1.54, 1.807) is 0 Å². The lowest BCUT2D eigenvalue weighted by Gasteiger charge is -2.22. The second-order valence-corrected chi connectivity index (χ2v) is 8.48. The Morgan fingerprint density at radius 3 is 2.38 bits per heavy atom. The van der Waals surface area contributed by atoms with E-state index in [1.807, 2.05) is 36.4 Å². The topological polar surface area (TPSA) is 103 Å². The molecule has 0 aromatic heterocycles. The van der Waals surface area contributed by atoms with Crippen LogP contribution in [0.4, 0.5) is 4.79 Å². The summed E-state index contributed by atoms with van der Waals surface area (Å²) in [6.45, 7) is 1.35. The van der Waals surface area contributed by atoms with Gasteiger partial charge in [0.25, 0.3) is 0 Å². The minimum Gasteiger partial charge on any atom is -0.481 e. The van der Waals surface area contributed by atoms with Crippen LogP contribution in [-0.4, -0.2) is 63.0 Å². The molecule has 2 aliphatic rings. The fourth-order valence-corrected chi connectivity index (χ4v) is 4.38. The molecule has 2 unspecified atom stereocenters. The molecule has 1 heterocycles. The number of ether oxygens (including phenoxy) is 4. The number of nitrogens with one attached hydrogen (secondary N) is 1. The van der Waals surface area contributed by atoms with Gasteiger partial charge in [0, 0.05) is 19.1 Å². The van der Waals surface area contributed by atoms with E-state index in [0.29, 0.717) is 13.2 Å². The van der Waals surface area contributed by atoms with Crippen molar-refractivity contribution in [2.24, 2.45) is 5.92 Å². The van der Waals surface area contributed by atoms with Crippen molar-refractivity contribution in [3.63, 3.8) is 0 Å². The molecule has 2 N–H and O–H groups in total. The third kappa shape index (κ3) is 6.14. The summed E-state index contributed by atoms with van der Waals surface area (Å²) in [4.78, 5) is 23.8. The van der Waals surface area contributed by atoms with Gasteiger partial charge in [-0.25, -0.2) is 4.79 Å². The van der Waals surface area contributed by atoms with Crippen molar-refractivity contribution in [3.05, 3.63) is 59.7 Å². The number of carboxylic acids is 1. The molecule has 8 heteroatoms. The largest absolute Gasteiger partial charge is 0.481 e. The predicted molar refractivity (Wildman–Crippen MR) is 125 cm³/mol. The van der Waals surface area contributed by atoms with E-state index in [-0.39, 0.29) is 38.6 Å². The SMILES string of the molecule is O=C(NCC(COCCOC1CCCCO1)C(=O)O)OCC1c2ccccc2-c2ccccc21. The zero-order chi connectivity index (χ0) is 23.8. The average molecular weight is 470 g/mol. The molecule has 0 saturated carbocycles. The monoisotopic (exact) mass is 469 g/mol. The van der Waals surface area contributed by atoms with Gasteiger partial charge in [0.1, 0.15) is 6.61 Å². The molecule has 0 bridgehead atoms. The van der Waals surface area contributed by atoms with E-state index < -0.39 is 18.0 Å². The number of amides is 1. The van der Waals surface area contributed by atoms with Gasteiger partial charge in [-0.15, -0.1) is 0 Å². The molecule has 1 saturated heterocycles. The fraction of sp³-hybridized carbons (Fsp3) is 0.462. The molecular weight excluding hydrogens is 438 g/mol. The Hall–Kier alpha value is -2.94. The van der Waals surface area contributed by atoms with Crippen LogP contribution in [0.3, 0.4) is 0 Å². The Bertz CT molecular complexity index is 928. The first-order valence-corrected chi connectivity index (χ1v) is 11.8. The highest BCUT2D eigenvalue weighted by Crippen LogP contribution is 2.44. The van der Waals surface area contributed by atoms with Crippen molar-refractivity contribution < 1.29 is 33.6 Å². The first-order chi connectivity index (χ1) is 16.6. The van der Waals surface area contributed by atoms with Gasteiger partial charge in [-0.2, -0.15) is 0 Å². The maximum Gasteiger partial charge on any atom is 0.407 e.